The van der Waals surface area contributed by atoms with Crippen molar-refractivity contribution in [1.82, 2.24) is 5.32 Å². The van der Waals surface area contributed by atoms with Gasteiger partial charge in [0.1, 0.15) is 0 Å². The van der Waals surface area contributed by atoms with Crippen LogP contribution in [0.4, 0.5) is 0 Å². The van der Waals surface area contributed by atoms with Crippen LogP contribution in [0.2, 0.25) is 0 Å². The van der Waals surface area contributed by atoms with Crippen LogP contribution in [0, 0.1) is 0 Å². The van der Waals surface area contributed by atoms with E-state index in [1.54, 1.807) is 6.92 Å². The molecule has 0 saturated heterocycles. The van der Waals surface area contributed by atoms with Crippen molar-refractivity contribution >= 4 is 11.9 Å². The number of nitrogens with one attached hydrogen (secondary N) is 1. The number of carbonyl (C=O) groups is 2. The number of ether oxygens (including phenoxy) is 1. The van der Waals surface area contributed by atoms with E-state index in [0.717, 1.165) is 17.5 Å². The molecule has 116 valence electrons. The van der Waals surface area contributed by atoms with Crippen LogP contribution in [0.3, 0.4) is 0 Å². The molecule has 0 aliphatic rings. The molecule has 0 fully saturated rings. The maximum atomic E-state index is 12.2. The maximum Gasteiger partial charge on any atom is 0.305 e. The lowest BCUT2D eigenvalue weighted by molar-refractivity contribution is -0.139. The van der Waals surface area contributed by atoms with Gasteiger partial charge >= 0.3 is 5.97 Å². The summed E-state index contributed by atoms with van der Waals surface area (Å²) in [7, 11) is 1.48. The van der Waals surface area contributed by atoms with Crippen molar-refractivity contribution in [2.24, 2.45) is 0 Å². The van der Waals surface area contributed by atoms with E-state index in [4.69, 9.17) is 9.84 Å². The van der Waals surface area contributed by atoms with Crippen LogP contribution >= 0.6 is 0 Å². The summed E-state index contributed by atoms with van der Waals surface area (Å²) in [6.07, 6.45) is 0.916. The molecule has 21 heavy (non-hydrogen) atoms. The van der Waals surface area contributed by atoms with E-state index in [2.05, 4.69) is 5.32 Å². The quantitative estimate of drug-likeness (QED) is 0.766. The first-order chi connectivity index (χ1) is 9.90. The van der Waals surface area contributed by atoms with Crippen molar-refractivity contribution in [1.29, 1.82) is 0 Å². The molecule has 0 aliphatic carbocycles. The van der Waals surface area contributed by atoms with Gasteiger partial charge < -0.3 is 15.2 Å². The number of methoxy groups -OCH3 is 1. The number of carboxylic acid groups (broad SMARTS) is 1. The minimum Gasteiger partial charge on any atom is -0.481 e. The summed E-state index contributed by atoms with van der Waals surface area (Å²) in [6, 6.07) is 7.75. The third-order valence-corrected chi connectivity index (χ3v) is 3.30. The average molecular weight is 293 g/mol. The van der Waals surface area contributed by atoms with Crippen molar-refractivity contribution in [3.8, 4) is 0 Å². The van der Waals surface area contributed by atoms with Gasteiger partial charge in [0.2, 0.25) is 5.91 Å². The van der Waals surface area contributed by atoms with Crippen molar-refractivity contribution in [3.05, 3.63) is 35.4 Å². The summed E-state index contributed by atoms with van der Waals surface area (Å²) in [4.78, 5) is 23.1. The normalized spacial score (nSPS) is 13.5. The second kappa shape index (κ2) is 7.78. The molecule has 2 N–H and O–H groups in total. The van der Waals surface area contributed by atoms with Gasteiger partial charge in [0.15, 0.2) is 0 Å². The molecular weight excluding hydrogens is 270 g/mol. The smallest absolute Gasteiger partial charge is 0.305 e. The van der Waals surface area contributed by atoms with Crippen LogP contribution in [0.25, 0.3) is 0 Å². The molecule has 1 rings (SSSR count). The van der Waals surface area contributed by atoms with Crippen LogP contribution in [0.5, 0.6) is 0 Å². The summed E-state index contributed by atoms with van der Waals surface area (Å²) in [5.74, 6) is -1.17. The fourth-order valence-electron chi connectivity index (χ4n) is 2.41. The second-order valence-electron chi connectivity index (χ2n) is 5.41. The van der Waals surface area contributed by atoms with E-state index in [1.807, 2.05) is 31.2 Å². The number of carboxylic acids is 1. The van der Waals surface area contributed by atoms with Gasteiger partial charge in [-0.25, -0.2) is 0 Å². The van der Waals surface area contributed by atoms with E-state index < -0.39 is 11.5 Å². The summed E-state index contributed by atoms with van der Waals surface area (Å²) in [6.45, 7) is 3.87. The highest BCUT2D eigenvalue weighted by Gasteiger charge is 2.29. The molecule has 1 aromatic rings. The maximum absolute atomic E-state index is 12.2. The Bertz CT molecular complexity index is 501. The Labute approximate surface area is 125 Å². The highest BCUT2D eigenvalue weighted by atomic mass is 16.5. The predicted octanol–water partition coefficient (Wildman–Crippen LogP) is 1.79. The van der Waals surface area contributed by atoms with Gasteiger partial charge in [-0.15, -0.1) is 0 Å². The fourth-order valence-corrected chi connectivity index (χ4v) is 2.41. The number of rotatable bonds is 8. The first-order valence-electron chi connectivity index (χ1n) is 6.98. The molecule has 0 radical (unpaired) electrons. The first kappa shape index (κ1) is 17.2. The van der Waals surface area contributed by atoms with E-state index >= 15 is 0 Å². The van der Waals surface area contributed by atoms with Crippen LogP contribution in [-0.4, -0.2) is 36.2 Å². The van der Waals surface area contributed by atoms with Crippen LogP contribution in [-0.2, 0) is 27.2 Å². The monoisotopic (exact) mass is 293 g/mol. The van der Waals surface area contributed by atoms with Crippen LogP contribution in [0.15, 0.2) is 24.3 Å². The summed E-state index contributed by atoms with van der Waals surface area (Å²) in [5.41, 5.74) is 1.19. The van der Waals surface area contributed by atoms with Crippen molar-refractivity contribution in [2.75, 3.05) is 13.7 Å². The van der Waals surface area contributed by atoms with Gasteiger partial charge in [-0.3, -0.25) is 9.59 Å². The van der Waals surface area contributed by atoms with Gasteiger partial charge in [-0.05, 0) is 24.5 Å². The summed E-state index contributed by atoms with van der Waals surface area (Å²) in [5, 5.41) is 11.7. The predicted molar refractivity (Wildman–Crippen MR) is 80.2 cm³/mol. The lowest BCUT2D eigenvalue weighted by atomic mass is 9.97. The van der Waals surface area contributed by atoms with Gasteiger partial charge in [-0.2, -0.15) is 0 Å². The highest BCUT2D eigenvalue weighted by Crippen LogP contribution is 2.13. The number of amides is 1. The minimum absolute atomic E-state index is 0.153. The summed E-state index contributed by atoms with van der Waals surface area (Å²) < 4.78 is 5.03. The number of benzene rings is 1. The Balaban J connectivity index is 2.76. The lowest BCUT2D eigenvalue weighted by Crippen LogP contribution is -2.51. The Kier molecular flexibility index (Phi) is 6.37. The third-order valence-electron chi connectivity index (χ3n) is 3.30. The lowest BCUT2D eigenvalue weighted by Gasteiger charge is -2.28. The Morgan fingerprint density at radius 1 is 1.29 bits per heavy atom. The van der Waals surface area contributed by atoms with Gasteiger partial charge in [0.25, 0.3) is 0 Å². The molecule has 5 heteroatoms. The molecule has 0 spiro atoms. The number of hydrogen-bond acceptors (Lipinski definition) is 3. The zero-order valence-electron chi connectivity index (χ0n) is 12.8. The number of aryl methyl sites for hydroxylation is 1. The van der Waals surface area contributed by atoms with E-state index in [1.165, 1.54) is 7.11 Å². The number of hydrogen-bond donors (Lipinski definition) is 2. The largest absolute Gasteiger partial charge is 0.481 e. The van der Waals surface area contributed by atoms with Crippen molar-refractivity contribution < 1.29 is 19.4 Å². The van der Waals surface area contributed by atoms with Crippen molar-refractivity contribution in [2.45, 2.75) is 38.6 Å². The molecule has 1 aromatic carbocycles. The Hall–Kier alpha value is -1.88. The highest BCUT2D eigenvalue weighted by molar-refractivity contribution is 5.80. The zero-order chi connectivity index (χ0) is 15.9. The molecule has 0 saturated carbocycles. The average Bonchev–Trinajstić information content (AvgIpc) is 2.37. The second-order valence-corrected chi connectivity index (χ2v) is 5.41. The van der Waals surface area contributed by atoms with Gasteiger partial charge in [0.05, 0.1) is 25.0 Å². The molecular formula is C16H23NO4. The fraction of sp³-hybridized carbons (Fsp3) is 0.500. The molecule has 0 aliphatic heterocycles. The van der Waals surface area contributed by atoms with Crippen LogP contribution < -0.4 is 5.32 Å². The van der Waals surface area contributed by atoms with E-state index in [9.17, 15) is 9.59 Å². The molecule has 0 heterocycles. The minimum atomic E-state index is -0.969. The first-order valence-corrected chi connectivity index (χ1v) is 6.98. The molecule has 1 amide bonds. The molecule has 1 unspecified atom stereocenters. The van der Waals surface area contributed by atoms with E-state index in [0.29, 0.717) is 0 Å². The molecule has 5 nitrogen and oxygen atoms in total. The molecule has 0 bridgehead atoms. The SMILES string of the molecule is CCc1ccccc1CC(=O)NC(C)(COC)CC(=O)O. The standard InChI is InChI=1S/C16H23NO4/c1-4-12-7-5-6-8-13(12)9-14(18)17-16(2,11-21-3)10-15(19)20/h5-8H,4,9-11H2,1-3H3,(H,17,18)(H,19,20). The molecule has 1 atom stereocenters. The topological polar surface area (TPSA) is 75.6 Å². The number of carbonyl (C=O) groups excluding carboxylic acids is 1. The van der Waals surface area contributed by atoms with E-state index in [-0.39, 0.29) is 25.4 Å². The molecule has 0 aromatic heterocycles. The number of aliphatic carboxylic acids is 1. The summed E-state index contributed by atoms with van der Waals surface area (Å²) >= 11 is 0. The Morgan fingerprint density at radius 3 is 2.43 bits per heavy atom. The third kappa shape index (κ3) is 5.55. The Morgan fingerprint density at radius 2 is 1.90 bits per heavy atom. The van der Waals surface area contributed by atoms with Crippen LogP contribution in [0.1, 0.15) is 31.4 Å². The zero-order valence-corrected chi connectivity index (χ0v) is 12.8. The van der Waals surface area contributed by atoms with Gasteiger partial charge in [0, 0.05) is 7.11 Å². The van der Waals surface area contributed by atoms with Gasteiger partial charge in [-0.1, -0.05) is 31.2 Å². The van der Waals surface area contributed by atoms with Crippen molar-refractivity contribution in [3.63, 3.8) is 0 Å².